The third-order valence-corrected chi connectivity index (χ3v) is 15.0. The summed E-state index contributed by atoms with van der Waals surface area (Å²) in [5.41, 5.74) is 1.47. The van der Waals surface area contributed by atoms with Crippen LogP contribution in [-0.2, 0) is 27.1 Å². The molecule has 1 aromatic carbocycles. The highest BCUT2D eigenvalue weighted by atomic mass is 16.6. The minimum atomic E-state index is -1.55. The molecule has 1 aliphatic heterocycles. The van der Waals surface area contributed by atoms with Crippen molar-refractivity contribution in [2.45, 2.75) is 102 Å². The van der Waals surface area contributed by atoms with E-state index in [0.29, 0.717) is 57.2 Å². The lowest BCUT2D eigenvalue weighted by Crippen LogP contribution is -2.72. The molecule has 1 heterocycles. The molecule has 10 atom stereocenters. The molecule has 0 saturated heterocycles. The number of hydrogen-bond acceptors (Lipinski definition) is 10. The largest absolute Gasteiger partial charge is 0.396 e. The number of aldehydes is 1. The van der Waals surface area contributed by atoms with E-state index in [9.17, 15) is 30.3 Å². The number of carbonyl (C=O) groups is 1. The van der Waals surface area contributed by atoms with E-state index in [1.807, 2.05) is 51.3 Å². The lowest BCUT2D eigenvalue weighted by Gasteiger charge is -2.68. The normalized spacial score (nSPS) is 37.3. The molecule has 5 aliphatic rings. The van der Waals surface area contributed by atoms with Crippen molar-refractivity contribution in [1.29, 1.82) is 0 Å². The second-order valence-corrected chi connectivity index (χ2v) is 18.6. The predicted molar refractivity (Wildman–Crippen MR) is 236 cm³/mol. The number of aliphatic hydroxyl groups excluding tert-OH is 3. The molecule has 0 unspecified atom stereocenters. The zero-order chi connectivity index (χ0) is 43.3. The Balaban J connectivity index is 1.37. The molecule has 7 N–H and O–H groups in total. The van der Waals surface area contributed by atoms with E-state index in [2.05, 4.69) is 66.6 Å². The first-order valence-electron chi connectivity index (χ1n) is 21.9. The lowest BCUT2D eigenvalue weighted by atomic mass is 9.37. The van der Waals surface area contributed by atoms with Gasteiger partial charge in [-0.2, -0.15) is 0 Å². The first-order valence-corrected chi connectivity index (χ1v) is 21.9. The maximum absolute atomic E-state index is 13.5. The molecule has 328 valence electrons. The Kier molecular flexibility index (Phi) is 14.6. The van der Waals surface area contributed by atoms with Crippen LogP contribution in [0.2, 0.25) is 0 Å². The van der Waals surface area contributed by atoms with Gasteiger partial charge in [-0.25, -0.2) is 0 Å². The summed E-state index contributed by atoms with van der Waals surface area (Å²) in [7, 11) is 3.56. The fourth-order valence-electron chi connectivity index (χ4n) is 12.0. The Labute approximate surface area is 357 Å². The average Bonchev–Trinajstić information content (AvgIpc) is 3.55. The van der Waals surface area contributed by atoms with Gasteiger partial charge in [-0.3, -0.25) is 10.1 Å². The number of aliphatic hydroxyl groups is 5. The highest BCUT2D eigenvalue weighted by molar-refractivity contribution is 5.75. The minimum absolute atomic E-state index is 0.0336. The molecule has 60 heavy (non-hydrogen) atoms. The quantitative estimate of drug-likeness (QED) is 0.0369. The number of methoxy groups -OCH3 is 1. The van der Waals surface area contributed by atoms with Crippen LogP contribution < -0.4 is 10.6 Å². The van der Waals surface area contributed by atoms with E-state index < -0.39 is 46.9 Å². The summed E-state index contributed by atoms with van der Waals surface area (Å²) in [4.78, 5) is 12.6. The number of nitrogens with one attached hydrogen (secondary N) is 2. The molecule has 10 nitrogen and oxygen atoms in total. The van der Waals surface area contributed by atoms with Crippen LogP contribution in [0.15, 0.2) is 107 Å². The average molecular weight is 827 g/mol. The van der Waals surface area contributed by atoms with Gasteiger partial charge in [-0.15, -0.1) is 0 Å². The SMILES string of the molecule is C=C(C=CC=C(COCO)[C@H]1CC[C@@]23[C@H]4C(=C(C)C=O)[C@H](C=C[C@]4(CCO)C=C[C@@]12O)C[C@]3(O)CCNC)[C@H]1CC=C(C)[C@@H](O)N[C@@](C)(CCOC)Cc2cccc(c2)C1. The minimum Gasteiger partial charge on any atom is -0.396 e. The monoisotopic (exact) mass is 827 g/mol. The van der Waals surface area contributed by atoms with Crippen molar-refractivity contribution in [1.82, 2.24) is 10.6 Å². The van der Waals surface area contributed by atoms with E-state index >= 15 is 0 Å². The Morgan fingerprint density at radius 3 is 2.62 bits per heavy atom. The van der Waals surface area contributed by atoms with E-state index in [0.717, 1.165) is 47.8 Å². The van der Waals surface area contributed by atoms with Crippen LogP contribution in [0.25, 0.3) is 0 Å². The van der Waals surface area contributed by atoms with Crippen molar-refractivity contribution in [3.8, 4) is 0 Å². The van der Waals surface area contributed by atoms with Gasteiger partial charge in [0.25, 0.3) is 0 Å². The van der Waals surface area contributed by atoms with Crippen LogP contribution in [-0.4, -0.2) is 102 Å². The van der Waals surface area contributed by atoms with Crippen LogP contribution in [0.4, 0.5) is 0 Å². The second kappa shape index (κ2) is 19.0. The summed E-state index contributed by atoms with van der Waals surface area (Å²) in [5.74, 6) is -1.04. The van der Waals surface area contributed by atoms with Gasteiger partial charge in [0.2, 0.25) is 0 Å². The van der Waals surface area contributed by atoms with E-state index in [-0.39, 0.29) is 30.6 Å². The molecule has 2 fully saturated rings. The molecule has 6 rings (SSSR count). The summed E-state index contributed by atoms with van der Waals surface area (Å²) in [6, 6.07) is 8.63. The molecule has 4 aliphatic carbocycles. The number of ether oxygens (including phenoxy) is 2. The summed E-state index contributed by atoms with van der Waals surface area (Å²) in [6.45, 7) is 11.0. The van der Waals surface area contributed by atoms with Crippen LogP contribution in [0.1, 0.15) is 76.8 Å². The maximum atomic E-state index is 13.5. The Morgan fingerprint density at radius 2 is 1.90 bits per heavy atom. The third kappa shape index (κ3) is 8.57. The summed E-state index contributed by atoms with van der Waals surface area (Å²) >= 11 is 0. The van der Waals surface area contributed by atoms with Gasteiger partial charge in [0.05, 0.1) is 17.8 Å². The Hall–Kier alpha value is -3.29. The van der Waals surface area contributed by atoms with Crippen LogP contribution >= 0.6 is 0 Å². The highest BCUT2D eigenvalue weighted by Gasteiger charge is 2.77. The molecule has 1 spiro atoms. The van der Waals surface area contributed by atoms with Crippen LogP contribution in [0, 0.1) is 34.5 Å². The third-order valence-electron chi connectivity index (χ3n) is 15.0. The topological polar surface area (TPSA) is 161 Å². The molecular weight excluding hydrogens is 757 g/mol. The van der Waals surface area contributed by atoms with Gasteiger partial charge >= 0.3 is 0 Å². The molecule has 0 radical (unpaired) electrons. The standard InChI is InChI=1S/C50H70N2O8/c1-34(39-14-13-35(2)45(56)52-46(4,23-26-59-6)29-38-11-8-10-37(27-38)28-39)9-7-12-41(32-60-33-55)42-16-18-49-44-43(36(3)31-54)40(30-48(49,57)21-24-51-5)15-17-47(44,22-25-53)19-20-50(42,49)58/h7-13,15,17,19-20,27,31,39-40,42,44-45,51-53,55-58H,1,14,16,18,21-26,28-30,32-33H2,2-6H3/t39-,40+,42+,44-,45+,46-,47+,48+,49-,50+/m0/s1. The van der Waals surface area contributed by atoms with Crippen molar-refractivity contribution in [3.05, 3.63) is 118 Å². The number of allylic oxidation sites excluding steroid dienone is 10. The van der Waals surface area contributed by atoms with Gasteiger partial charge in [0.15, 0.2) is 0 Å². The first-order chi connectivity index (χ1) is 28.7. The molecule has 0 amide bonds. The van der Waals surface area contributed by atoms with Crippen molar-refractivity contribution in [3.63, 3.8) is 0 Å². The number of fused-ring (bicyclic) bond motifs is 3. The molecule has 1 aromatic rings. The van der Waals surface area contributed by atoms with Gasteiger partial charge in [-0.1, -0.05) is 90.6 Å². The molecule has 2 saturated carbocycles. The van der Waals surface area contributed by atoms with E-state index in [1.165, 1.54) is 11.1 Å². The number of hydrogen-bond donors (Lipinski definition) is 7. The fourth-order valence-corrected chi connectivity index (χ4v) is 12.0. The zero-order valence-electron chi connectivity index (χ0n) is 36.5. The first kappa shape index (κ1) is 46.2. The van der Waals surface area contributed by atoms with Crippen molar-refractivity contribution < 1.29 is 39.8 Å². The van der Waals surface area contributed by atoms with Crippen molar-refractivity contribution in [2.75, 3.05) is 47.3 Å². The summed E-state index contributed by atoms with van der Waals surface area (Å²) in [6.07, 6.45) is 21.3. The van der Waals surface area contributed by atoms with Gasteiger partial charge < -0.3 is 40.3 Å². The fraction of sp³-hybridized carbons (Fsp3) is 0.580. The number of carbonyl (C=O) groups excluding carboxylic acids is 1. The molecule has 0 aromatic heterocycles. The molecular formula is C50H70N2O8. The number of benzene rings is 1. The lowest BCUT2D eigenvalue weighted by molar-refractivity contribution is -0.233. The van der Waals surface area contributed by atoms with Crippen LogP contribution in [0.3, 0.4) is 0 Å². The summed E-state index contributed by atoms with van der Waals surface area (Å²) < 4.78 is 11.1. The molecule has 10 heteroatoms. The highest BCUT2D eigenvalue weighted by Crippen LogP contribution is 2.75. The zero-order valence-corrected chi connectivity index (χ0v) is 36.5. The maximum Gasteiger partial charge on any atom is 0.145 e. The van der Waals surface area contributed by atoms with Crippen molar-refractivity contribution >= 4 is 6.29 Å². The smallest absolute Gasteiger partial charge is 0.145 e. The van der Waals surface area contributed by atoms with Crippen molar-refractivity contribution in [2.24, 2.45) is 34.5 Å². The van der Waals surface area contributed by atoms with Crippen LogP contribution in [0.5, 0.6) is 0 Å². The van der Waals surface area contributed by atoms with E-state index in [4.69, 9.17) is 9.47 Å². The van der Waals surface area contributed by atoms with Gasteiger partial charge in [0.1, 0.15) is 19.3 Å². The van der Waals surface area contributed by atoms with E-state index in [1.54, 1.807) is 7.11 Å². The number of rotatable bonds is 16. The second-order valence-electron chi connectivity index (χ2n) is 18.6. The van der Waals surface area contributed by atoms with Gasteiger partial charge in [0, 0.05) is 54.4 Å². The predicted octanol–water partition coefficient (Wildman–Crippen LogP) is 5.57. The molecule has 4 bridgehead atoms. The Morgan fingerprint density at radius 1 is 1.12 bits per heavy atom. The van der Waals surface area contributed by atoms with Gasteiger partial charge in [-0.05, 0) is 126 Å². The summed E-state index contributed by atoms with van der Waals surface area (Å²) in [5, 5.41) is 65.0. The Bertz CT molecular complexity index is 1920.